The number of halogens is 1. The molecule has 0 saturated heterocycles. The summed E-state index contributed by atoms with van der Waals surface area (Å²) < 4.78 is 3.19. The molecule has 0 unspecified atom stereocenters. The minimum atomic E-state index is 0.801. The van der Waals surface area contributed by atoms with Gasteiger partial charge in [-0.3, -0.25) is 9.67 Å². The molecule has 0 spiro atoms. The molecule has 0 aliphatic heterocycles. The summed E-state index contributed by atoms with van der Waals surface area (Å²) in [5, 5.41) is 8.06. The van der Waals surface area contributed by atoms with Crippen molar-refractivity contribution < 1.29 is 0 Å². The highest BCUT2D eigenvalue weighted by atomic mass is 79.9. The molecular formula is C15H21BrN4. The van der Waals surface area contributed by atoms with Gasteiger partial charge in [0.25, 0.3) is 0 Å². The Kier molecular flexibility index (Phi) is 5.31. The van der Waals surface area contributed by atoms with Crippen LogP contribution in [-0.4, -0.2) is 14.8 Å². The van der Waals surface area contributed by atoms with E-state index in [2.05, 4.69) is 55.9 Å². The van der Waals surface area contributed by atoms with E-state index in [1.54, 1.807) is 0 Å². The van der Waals surface area contributed by atoms with Crippen molar-refractivity contribution in [2.75, 3.05) is 0 Å². The molecule has 0 fully saturated rings. The zero-order valence-corrected chi connectivity index (χ0v) is 13.9. The maximum Gasteiger partial charge on any atom is 0.0767 e. The Bertz CT molecular complexity index is 560. The third kappa shape index (κ3) is 3.46. The second kappa shape index (κ2) is 6.99. The molecule has 0 bridgehead atoms. The van der Waals surface area contributed by atoms with E-state index in [1.165, 1.54) is 11.3 Å². The summed E-state index contributed by atoms with van der Waals surface area (Å²) in [4.78, 5) is 4.31. The summed E-state index contributed by atoms with van der Waals surface area (Å²) in [6.07, 6.45) is 2.87. The topological polar surface area (TPSA) is 42.7 Å². The molecule has 5 heteroatoms. The molecule has 4 nitrogen and oxygen atoms in total. The van der Waals surface area contributed by atoms with Crippen LogP contribution >= 0.6 is 15.9 Å². The minimum Gasteiger partial charge on any atom is -0.307 e. The fourth-order valence-electron chi connectivity index (χ4n) is 2.11. The second-order valence-corrected chi connectivity index (χ2v) is 5.58. The fourth-order valence-corrected chi connectivity index (χ4v) is 2.82. The van der Waals surface area contributed by atoms with Gasteiger partial charge in [0.2, 0.25) is 0 Å². The number of aromatic nitrogens is 3. The highest BCUT2D eigenvalue weighted by Crippen LogP contribution is 2.22. The van der Waals surface area contributed by atoms with Crippen LogP contribution in [0, 0.1) is 6.92 Å². The summed E-state index contributed by atoms with van der Waals surface area (Å²) in [6, 6.07) is 4.15. The van der Waals surface area contributed by atoms with Crippen LogP contribution in [0.3, 0.4) is 0 Å². The third-order valence-electron chi connectivity index (χ3n) is 3.29. The van der Waals surface area contributed by atoms with Crippen LogP contribution in [-0.2, 0) is 26.1 Å². The third-order valence-corrected chi connectivity index (χ3v) is 4.20. The Morgan fingerprint density at radius 2 is 2.05 bits per heavy atom. The van der Waals surface area contributed by atoms with Crippen molar-refractivity contribution in [1.29, 1.82) is 0 Å². The Labute approximate surface area is 128 Å². The van der Waals surface area contributed by atoms with Gasteiger partial charge in [-0.25, -0.2) is 0 Å². The molecule has 0 radical (unpaired) electrons. The molecule has 0 aliphatic carbocycles. The highest BCUT2D eigenvalue weighted by Gasteiger charge is 2.13. The first-order valence-corrected chi connectivity index (χ1v) is 7.81. The molecule has 2 aromatic heterocycles. The summed E-state index contributed by atoms with van der Waals surface area (Å²) >= 11 is 3.66. The second-order valence-electron chi connectivity index (χ2n) is 4.79. The number of pyridine rings is 1. The highest BCUT2D eigenvalue weighted by molar-refractivity contribution is 9.10. The lowest BCUT2D eigenvalue weighted by Gasteiger charge is -2.07. The van der Waals surface area contributed by atoms with Crippen molar-refractivity contribution in [2.45, 2.75) is 46.8 Å². The van der Waals surface area contributed by atoms with E-state index in [0.29, 0.717) is 0 Å². The summed E-state index contributed by atoms with van der Waals surface area (Å²) in [5.74, 6) is 0. The lowest BCUT2D eigenvalue weighted by Crippen LogP contribution is -2.16. The molecule has 2 heterocycles. The standard InChI is InChI=1S/C15H21BrN4/c1-4-13-15(16)14(20(5-2)19-13)10-17-8-12-7-6-11(3)18-9-12/h6-7,9,17H,4-5,8,10H2,1-3H3. The molecule has 0 amide bonds. The van der Waals surface area contributed by atoms with Crippen LogP contribution < -0.4 is 5.32 Å². The Morgan fingerprint density at radius 3 is 2.65 bits per heavy atom. The monoisotopic (exact) mass is 336 g/mol. The van der Waals surface area contributed by atoms with Gasteiger partial charge in [-0.2, -0.15) is 5.10 Å². The zero-order chi connectivity index (χ0) is 14.5. The van der Waals surface area contributed by atoms with Crippen molar-refractivity contribution in [3.63, 3.8) is 0 Å². The van der Waals surface area contributed by atoms with Crippen LogP contribution in [0.2, 0.25) is 0 Å². The largest absolute Gasteiger partial charge is 0.307 e. The van der Waals surface area contributed by atoms with E-state index in [-0.39, 0.29) is 0 Å². The Morgan fingerprint density at radius 1 is 1.25 bits per heavy atom. The van der Waals surface area contributed by atoms with Gasteiger partial charge in [0.1, 0.15) is 0 Å². The molecule has 20 heavy (non-hydrogen) atoms. The van der Waals surface area contributed by atoms with E-state index < -0.39 is 0 Å². The summed E-state index contributed by atoms with van der Waals surface area (Å²) in [5.41, 5.74) is 4.59. The van der Waals surface area contributed by atoms with E-state index in [1.807, 2.05) is 19.2 Å². The smallest absolute Gasteiger partial charge is 0.0767 e. The zero-order valence-electron chi connectivity index (χ0n) is 12.3. The van der Waals surface area contributed by atoms with Crippen LogP contribution in [0.1, 0.15) is 36.5 Å². The normalized spacial score (nSPS) is 11.0. The maximum atomic E-state index is 4.60. The minimum absolute atomic E-state index is 0.801. The molecule has 2 rings (SSSR count). The van der Waals surface area contributed by atoms with Gasteiger partial charge < -0.3 is 5.32 Å². The predicted molar refractivity (Wildman–Crippen MR) is 84.5 cm³/mol. The van der Waals surface area contributed by atoms with Crippen molar-refractivity contribution >= 4 is 15.9 Å². The van der Waals surface area contributed by atoms with Crippen molar-refractivity contribution in [1.82, 2.24) is 20.1 Å². The number of aryl methyl sites for hydroxylation is 3. The predicted octanol–water partition coefficient (Wildman–Crippen LogP) is 3.22. The fraction of sp³-hybridized carbons (Fsp3) is 0.467. The summed E-state index contributed by atoms with van der Waals surface area (Å²) in [6.45, 7) is 8.75. The molecular weight excluding hydrogens is 316 g/mol. The van der Waals surface area contributed by atoms with Crippen LogP contribution in [0.25, 0.3) is 0 Å². The van der Waals surface area contributed by atoms with Gasteiger partial charge >= 0.3 is 0 Å². The van der Waals surface area contributed by atoms with E-state index in [0.717, 1.165) is 41.9 Å². The summed E-state index contributed by atoms with van der Waals surface area (Å²) in [7, 11) is 0. The molecule has 0 aromatic carbocycles. The quantitative estimate of drug-likeness (QED) is 0.880. The van der Waals surface area contributed by atoms with Crippen molar-refractivity contribution in [3.8, 4) is 0 Å². The molecule has 0 aliphatic rings. The Balaban J connectivity index is 2.00. The van der Waals surface area contributed by atoms with Crippen LogP contribution in [0.15, 0.2) is 22.8 Å². The Hall–Kier alpha value is -1.20. The van der Waals surface area contributed by atoms with Crippen molar-refractivity contribution in [3.05, 3.63) is 45.4 Å². The van der Waals surface area contributed by atoms with Gasteiger partial charge in [0, 0.05) is 31.5 Å². The molecule has 2 aromatic rings. The molecule has 108 valence electrons. The van der Waals surface area contributed by atoms with Crippen LogP contribution in [0.4, 0.5) is 0 Å². The van der Waals surface area contributed by atoms with Gasteiger partial charge in [-0.1, -0.05) is 13.0 Å². The van der Waals surface area contributed by atoms with Crippen LogP contribution in [0.5, 0.6) is 0 Å². The van der Waals surface area contributed by atoms with Gasteiger partial charge in [-0.15, -0.1) is 0 Å². The van der Waals surface area contributed by atoms with Gasteiger partial charge in [0.15, 0.2) is 0 Å². The maximum absolute atomic E-state index is 4.60. The van der Waals surface area contributed by atoms with E-state index in [4.69, 9.17) is 0 Å². The number of hydrogen-bond donors (Lipinski definition) is 1. The number of nitrogens with one attached hydrogen (secondary N) is 1. The first kappa shape index (κ1) is 15.2. The lowest BCUT2D eigenvalue weighted by molar-refractivity contribution is 0.576. The number of hydrogen-bond acceptors (Lipinski definition) is 3. The SMILES string of the molecule is CCc1nn(CC)c(CNCc2ccc(C)nc2)c1Br. The first-order valence-electron chi connectivity index (χ1n) is 7.02. The van der Waals surface area contributed by atoms with Gasteiger partial charge in [-0.05, 0) is 47.8 Å². The molecule has 1 N–H and O–H groups in total. The average Bonchev–Trinajstić information content (AvgIpc) is 2.77. The van der Waals surface area contributed by atoms with E-state index in [9.17, 15) is 0 Å². The van der Waals surface area contributed by atoms with Crippen molar-refractivity contribution in [2.24, 2.45) is 0 Å². The van der Waals surface area contributed by atoms with Gasteiger partial charge in [0.05, 0.1) is 15.9 Å². The number of rotatable bonds is 6. The molecule has 0 saturated carbocycles. The first-order chi connectivity index (χ1) is 9.65. The van der Waals surface area contributed by atoms with E-state index >= 15 is 0 Å². The number of nitrogens with zero attached hydrogens (tertiary/aromatic N) is 3. The lowest BCUT2D eigenvalue weighted by atomic mass is 10.2. The molecule has 0 atom stereocenters. The average molecular weight is 337 g/mol.